The average Bonchev–Trinajstić information content (AvgIpc) is 3.04. The minimum absolute atomic E-state index is 0.151. The van der Waals surface area contributed by atoms with Gasteiger partial charge >= 0.3 is 0 Å². The lowest BCUT2D eigenvalue weighted by Crippen LogP contribution is -2.35. The second kappa shape index (κ2) is 7.42. The number of benzene rings is 1. The van der Waals surface area contributed by atoms with Crippen LogP contribution in [-0.2, 0) is 4.79 Å². The molecule has 8 heteroatoms. The van der Waals surface area contributed by atoms with Gasteiger partial charge in [-0.25, -0.2) is 10.4 Å². The van der Waals surface area contributed by atoms with Crippen LogP contribution >= 0.6 is 11.3 Å². The van der Waals surface area contributed by atoms with Gasteiger partial charge in [0.05, 0.1) is 19.0 Å². The Morgan fingerprint density at radius 3 is 2.96 bits per heavy atom. The number of thiophene rings is 1. The van der Waals surface area contributed by atoms with Gasteiger partial charge in [0.1, 0.15) is 5.69 Å². The molecule has 0 spiro atoms. The molecular weight excluding hydrogens is 326 g/mol. The van der Waals surface area contributed by atoms with Crippen LogP contribution in [-0.4, -0.2) is 34.5 Å². The lowest BCUT2D eigenvalue weighted by atomic mass is 10.2. The summed E-state index contributed by atoms with van der Waals surface area (Å²) < 4.78 is 1.15. The fourth-order valence-corrected chi connectivity index (χ4v) is 2.89. The van der Waals surface area contributed by atoms with Gasteiger partial charge in [0.2, 0.25) is 0 Å². The van der Waals surface area contributed by atoms with E-state index >= 15 is 0 Å². The quantitative estimate of drug-likeness (QED) is 0.545. The predicted octanol–water partition coefficient (Wildman–Crippen LogP) is 1.57. The molecule has 0 aliphatic rings. The summed E-state index contributed by atoms with van der Waals surface area (Å²) in [5.41, 5.74) is 3.46. The van der Waals surface area contributed by atoms with Gasteiger partial charge in [0.25, 0.3) is 11.8 Å². The van der Waals surface area contributed by atoms with E-state index in [0.717, 1.165) is 15.6 Å². The van der Waals surface area contributed by atoms with Crippen molar-refractivity contribution in [3.63, 3.8) is 0 Å². The molecule has 3 rings (SSSR count). The Hall–Kier alpha value is -3.13. The Labute approximate surface area is 141 Å². The van der Waals surface area contributed by atoms with Crippen LogP contribution in [0, 0.1) is 0 Å². The average molecular weight is 339 g/mol. The second-order valence-corrected chi connectivity index (χ2v) is 5.66. The van der Waals surface area contributed by atoms with Crippen LogP contribution in [0.5, 0.6) is 0 Å². The highest BCUT2D eigenvalue weighted by Crippen LogP contribution is 2.23. The number of nitrogens with one attached hydrogen (secondary N) is 2. The summed E-state index contributed by atoms with van der Waals surface area (Å²) in [6, 6.07) is 7.95. The normalized spacial score (nSPS) is 10.8. The number of aromatic nitrogens is 2. The molecule has 2 aromatic heterocycles. The van der Waals surface area contributed by atoms with Crippen molar-refractivity contribution in [1.82, 2.24) is 20.7 Å². The molecule has 0 bridgehead atoms. The second-order valence-electron chi connectivity index (χ2n) is 4.75. The molecular formula is C16H13N5O2S. The third-order valence-electron chi connectivity index (χ3n) is 3.11. The molecule has 0 radical (unpaired) electrons. The van der Waals surface area contributed by atoms with Crippen LogP contribution in [0.2, 0.25) is 0 Å². The molecule has 1 aromatic carbocycles. The molecule has 0 saturated heterocycles. The number of rotatable bonds is 5. The fourth-order valence-electron chi connectivity index (χ4n) is 1.98. The Morgan fingerprint density at radius 2 is 2.12 bits per heavy atom. The summed E-state index contributed by atoms with van der Waals surface area (Å²) >= 11 is 1.61. The van der Waals surface area contributed by atoms with E-state index in [9.17, 15) is 9.59 Å². The van der Waals surface area contributed by atoms with E-state index in [1.54, 1.807) is 17.6 Å². The van der Waals surface area contributed by atoms with Gasteiger partial charge in [-0.1, -0.05) is 18.2 Å². The first-order valence-electron chi connectivity index (χ1n) is 7.06. The first-order valence-corrected chi connectivity index (χ1v) is 7.94. The van der Waals surface area contributed by atoms with Crippen molar-refractivity contribution in [2.75, 3.05) is 6.54 Å². The predicted molar refractivity (Wildman–Crippen MR) is 91.9 cm³/mol. The molecule has 24 heavy (non-hydrogen) atoms. The molecule has 0 atom stereocenters. The molecule has 0 saturated carbocycles. The number of hydrogen-bond acceptors (Lipinski definition) is 6. The summed E-state index contributed by atoms with van der Waals surface area (Å²) in [5.74, 6) is -0.894. The van der Waals surface area contributed by atoms with Crippen molar-refractivity contribution < 1.29 is 9.59 Å². The summed E-state index contributed by atoms with van der Waals surface area (Å²) in [4.78, 5) is 31.1. The topological polar surface area (TPSA) is 96.3 Å². The van der Waals surface area contributed by atoms with Gasteiger partial charge in [-0.2, -0.15) is 5.10 Å². The molecule has 7 nitrogen and oxygen atoms in total. The number of carbonyl (C=O) groups is 2. The lowest BCUT2D eigenvalue weighted by molar-refractivity contribution is -0.120. The number of carbonyl (C=O) groups excluding carboxylic acids is 2. The molecule has 2 heterocycles. The van der Waals surface area contributed by atoms with Crippen LogP contribution in [0.4, 0.5) is 0 Å². The van der Waals surface area contributed by atoms with E-state index in [1.807, 2.05) is 29.6 Å². The highest BCUT2D eigenvalue weighted by Gasteiger charge is 2.08. The highest BCUT2D eigenvalue weighted by atomic mass is 32.1. The van der Waals surface area contributed by atoms with Crippen molar-refractivity contribution in [3.05, 3.63) is 59.5 Å². The molecule has 0 aliphatic heterocycles. The number of hydrogen-bond donors (Lipinski definition) is 2. The van der Waals surface area contributed by atoms with Gasteiger partial charge in [-0.05, 0) is 6.07 Å². The van der Waals surface area contributed by atoms with E-state index in [1.165, 1.54) is 18.6 Å². The van der Waals surface area contributed by atoms with E-state index in [-0.39, 0.29) is 12.2 Å². The molecule has 2 N–H and O–H groups in total. The fraction of sp³-hybridized carbons (Fsp3) is 0.0625. The summed E-state index contributed by atoms with van der Waals surface area (Å²) in [5, 5.41) is 9.41. The van der Waals surface area contributed by atoms with Gasteiger partial charge in [-0.15, -0.1) is 11.3 Å². The van der Waals surface area contributed by atoms with Crippen LogP contribution in [0.3, 0.4) is 0 Å². The zero-order valence-electron chi connectivity index (χ0n) is 12.5. The van der Waals surface area contributed by atoms with Crippen molar-refractivity contribution in [2.45, 2.75) is 0 Å². The number of amides is 2. The number of hydrazone groups is 1. The van der Waals surface area contributed by atoms with Crippen molar-refractivity contribution in [3.8, 4) is 0 Å². The Kier molecular flexibility index (Phi) is 4.87. The van der Waals surface area contributed by atoms with E-state index in [0.29, 0.717) is 0 Å². The van der Waals surface area contributed by atoms with Gasteiger partial charge in [0, 0.05) is 33.4 Å². The highest BCUT2D eigenvalue weighted by molar-refractivity contribution is 7.17. The zero-order chi connectivity index (χ0) is 16.8. The van der Waals surface area contributed by atoms with Crippen molar-refractivity contribution in [1.29, 1.82) is 0 Å². The standard InChI is InChI=1S/C16H13N5O2S/c22-15(9-19-16(23)13-8-17-5-6-18-13)21-20-7-11-10-24-14-4-2-1-3-12(11)14/h1-8,10H,9H2,(H,19,23)(H,21,22). The maximum absolute atomic E-state index is 11.7. The first kappa shape index (κ1) is 15.8. The minimum atomic E-state index is -0.467. The minimum Gasteiger partial charge on any atom is -0.342 e. The lowest BCUT2D eigenvalue weighted by Gasteiger charge is -2.02. The van der Waals surface area contributed by atoms with Gasteiger partial charge in [-0.3, -0.25) is 14.6 Å². The van der Waals surface area contributed by atoms with E-state index in [4.69, 9.17) is 0 Å². The van der Waals surface area contributed by atoms with Crippen molar-refractivity contribution >= 4 is 39.5 Å². The number of nitrogens with zero attached hydrogens (tertiary/aromatic N) is 3. The van der Waals surface area contributed by atoms with E-state index < -0.39 is 11.8 Å². The summed E-state index contributed by atoms with van der Waals surface area (Å²) in [7, 11) is 0. The largest absolute Gasteiger partial charge is 0.342 e. The molecule has 2 amide bonds. The van der Waals surface area contributed by atoms with Crippen LogP contribution in [0.15, 0.2) is 53.3 Å². The molecule has 120 valence electrons. The smallest absolute Gasteiger partial charge is 0.271 e. The zero-order valence-corrected chi connectivity index (χ0v) is 13.3. The maximum Gasteiger partial charge on any atom is 0.271 e. The summed E-state index contributed by atoms with van der Waals surface area (Å²) in [6.45, 7) is -0.197. The first-order chi connectivity index (χ1) is 11.7. The maximum atomic E-state index is 11.7. The third kappa shape index (κ3) is 3.79. The van der Waals surface area contributed by atoms with Crippen molar-refractivity contribution in [2.24, 2.45) is 5.10 Å². The van der Waals surface area contributed by atoms with Crippen LogP contribution < -0.4 is 10.7 Å². The van der Waals surface area contributed by atoms with Crippen LogP contribution in [0.25, 0.3) is 10.1 Å². The van der Waals surface area contributed by atoms with Gasteiger partial charge < -0.3 is 5.32 Å². The molecule has 0 aliphatic carbocycles. The monoisotopic (exact) mass is 339 g/mol. The Bertz CT molecular complexity index is 892. The summed E-state index contributed by atoms with van der Waals surface area (Å²) in [6.07, 6.45) is 5.78. The Balaban J connectivity index is 1.51. The SMILES string of the molecule is O=C(CNC(=O)c1cnccn1)NN=Cc1csc2ccccc12. The molecule has 3 aromatic rings. The molecule has 0 unspecified atom stereocenters. The number of fused-ring (bicyclic) bond motifs is 1. The Morgan fingerprint density at radius 1 is 1.25 bits per heavy atom. The van der Waals surface area contributed by atoms with E-state index in [2.05, 4.69) is 25.8 Å². The van der Waals surface area contributed by atoms with Crippen LogP contribution in [0.1, 0.15) is 16.1 Å². The third-order valence-corrected chi connectivity index (χ3v) is 4.09. The molecule has 0 fully saturated rings. The van der Waals surface area contributed by atoms with Gasteiger partial charge in [0.15, 0.2) is 0 Å².